The molecule has 0 aliphatic carbocycles. The first-order valence-electron chi connectivity index (χ1n) is 5.25. The van der Waals surface area contributed by atoms with E-state index in [1.54, 1.807) is 28.4 Å². The van der Waals surface area contributed by atoms with Crippen LogP contribution in [-0.2, 0) is 22.7 Å². The molecule has 96 valence electrons. The topological polar surface area (TPSA) is 49.0 Å². The molecular weight excluding hydrogens is 222 g/mol. The molecule has 1 aromatic rings. The van der Waals surface area contributed by atoms with Gasteiger partial charge in [0.05, 0.1) is 27.9 Å². The van der Waals surface area contributed by atoms with E-state index in [9.17, 15) is 0 Å². The highest BCUT2D eigenvalue weighted by Crippen LogP contribution is 2.29. The maximum Gasteiger partial charge on any atom is 0.128 e. The van der Waals surface area contributed by atoms with Gasteiger partial charge in [0.15, 0.2) is 0 Å². The number of nitrogens with one attached hydrogen (secondary N) is 1. The van der Waals surface area contributed by atoms with E-state index >= 15 is 0 Å². The molecule has 0 heterocycles. The molecule has 0 saturated carbocycles. The molecule has 0 saturated heterocycles. The average Bonchev–Trinajstić information content (AvgIpc) is 2.36. The normalized spacial score (nSPS) is 10.4. The van der Waals surface area contributed by atoms with Crippen LogP contribution in [0.3, 0.4) is 0 Å². The van der Waals surface area contributed by atoms with Crippen molar-refractivity contribution >= 4 is 0 Å². The summed E-state index contributed by atoms with van der Waals surface area (Å²) in [6.07, 6.45) is 0. The minimum absolute atomic E-state index is 0.493. The average molecular weight is 241 g/mol. The standard InChI is InChI=1S/C12H19NO4/c1-14-8-10-5-9(7-13-17-4)11(15-2)6-12(10)16-3/h5-6,13H,7-8H2,1-4H3. The van der Waals surface area contributed by atoms with E-state index in [4.69, 9.17) is 19.0 Å². The second kappa shape index (κ2) is 7.11. The first kappa shape index (κ1) is 13.8. The molecule has 1 aromatic carbocycles. The van der Waals surface area contributed by atoms with Gasteiger partial charge < -0.3 is 19.0 Å². The lowest BCUT2D eigenvalue weighted by molar-refractivity contribution is 0.0860. The maximum atomic E-state index is 5.30. The van der Waals surface area contributed by atoms with Crippen molar-refractivity contribution in [2.24, 2.45) is 0 Å². The van der Waals surface area contributed by atoms with Crippen molar-refractivity contribution in [3.63, 3.8) is 0 Å². The molecule has 0 amide bonds. The minimum Gasteiger partial charge on any atom is -0.496 e. The Morgan fingerprint density at radius 2 is 1.59 bits per heavy atom. The quantitative estimate of drug-likeness (QED) is 0.733. The van der Waals surface area contributed by atoms with Crippen LogP contribution < -0.4 is 15.0 Å². The highest BCUT2D eigenvalue weighted by molar-refractivity contribution is 5.46. The molecule has 0 bridgehead atoms. The summed E-state index contributed by atoms with van der Waals surface area (Å²) in [5, 5.41) is 0. The van der Waals surface area contributed by atoms with Crippen LogP contribution in [0.2, 0.25) is 0 Å². The Labute approximate surface area is 102 Å². The van der Waals surface area contributed by atoms with Gasteiger partial charge in [0.2, 0.25) is 0 Å². The van der Waals surface area contributed by atoms with Gasteiger partial charge in [0.25, 0.3) is 0 Å². The lowest BCUT2D eigenvalue weighted by Crippen LogP contribution is -2.12. The highest BCUT2D eigenvalue weighted by Gasteiger charge is 2.10. The molecule has 1 N–H and O–H groups in total. The summed E-state index contributed by atoms with van der Waals surface area (Å²) >= 11 is 0. The summed E-state index contributed by atoms with van der Waals surface area (Å²) in [7, 11) is 6.48. The van der Waals surface area contributed by atoms with Crippen molar-refractivity contribution in [2.75, 3.05) is 28.4 Å². The summed E-state index contributed by atoms with van der Waals surface area (Å²) in [6.45, 7) is 1.05. The molecule has 5 nitrogen and oxygen atoms in total. The first-order chi connectivity index (χ1) is 8.26. The third-order valence-corrected chi connectivity index (χ3v) is 2.39. The second-order valence-corrected chi connectivity index (χ2v) is 3.43. The third kappa shape index (κ3) is 3.59. The van der Waals surface area contributed by atoms with Gasteiger partial charge in [-0.05, 0) is 6.07 Å². The number of hydrogen-bond acceptors (Lipinski definition) is 5. The Kier molecular flexibility index (Phi) is 5.76. The van der Waals surface area contributed by atoms with Crippen LogP contribution in [0, 0.1) is 0 Å². The second-order valence-electron chi connectivity index (χ2n) is 3.43. The highest BCUT2D eigenvalue weighted by atomic mass is 16.6. The molecular formula is C12H19NO4. The van der Waals surface area contributed by atoms with Crippen molar-refractivity contribution in [1.29, 1.82) is 0 Å². The van der Waals surface area contributed by atoms with Crippen LogP contribution in [0.25, 0.3) is 0 Å². The molecule has 0 atom stereocenters. The van der Waals surface area contributed by atoms with Gasteiger partial charge in [-0.3, -0.25) is 0 Å². The van der Waals surface area contributed by atoms with E-state index < -0.39 is 0 Å². The van der Waals surface area contributed by atoms with Gasteiger partial charge in [-0.2, -0.15) is 5.48 Å². The number of hydrogen-bond donors (Lipinski definition) is 1. The van der Waals surface area contributed by atoms with Crippen LogP contribution in [0.5, 0.6) is 11.5 Å². The fourth-order valence-corrected chi connectivity index (χ4v) is 1.59. The number of methoxy groups -OCH3 is 3. The Balaban J connectivity index is 3.04. The van der Waals surface area contributed by atoms with Crippen LogP contribution in [0.1, 0.15) is 11.1 Å². The van der Waals surface area contributed by atoms with Crippen molar-refractivity contribution in [3.05, 3.63) is 23.3 Å². The lowest BCUT2D eigenvalue weighted by Gasteiger charge is -2.14. The fraction of sp³-hybridized carbons (Fsp3) is 0.500. The molecule has 1 rings (SSSR count). The van der Waals surface area contributed by atoms with Crippen molar-refractivity contribution < 1.29 is 19.0 Å². The minimum atomic E-state index is 0.493. The SMILES string of the molecule is COCc1cc(CNOC)c(OC)cc1OC. The molecule has 0 aliphatic heterocycles. The van der Waals surface area contributed by atoms with E-state index in [0.717, 1.165) is 22.6 Å². The Bertz CT molecular complexity index is 355. The number of benzene rings is 1. The summed E-state index contributed by atoms with van der Waals surface area (Å²) < 4.78 is 15.7. The molecule has 0 fully saturated rings. The smallest absolute Gasteiger partial charge is 0.128 e. The van der Waals surface area contributed by atoms with Gasteiger partial charge in [-0.1, -0.05) is 0 Å². The van der Waals surface area contributed by atoms with Gasteiger partial charge in [0, 0.05) is 30.8 Å². The summed E-state index contributed by atoms with van der Waals surface area (Å²) in [5.41, 5.74) is 4.75. The Morgan fingerprint density at radius 3 is 2.12 bits per heavy atom. The Hall–Kier alpha value is -1.30. The fourth-order valence-electron chi connectivity index (χ4n) is 1.59. The van der Waals surface area contributed by atoms with Crippen LogP contribution in [0.4, 0.5) is 0 Å². The van der Waals surface area contributed by atoms with Gasteiger partial charge in [0.1, 0.15) is 11.5 Å². The summed E-state index contributed by atoms with van der Waals surface area (Å²) in [6, 6.07) is 3.83. The van der Waals surface area contributed by atoms with Gasteiger partial charge in [-0.25, -0.2) is 0 Å². The largest absolute Gasteiger partial charge is 0.496 e. The molecule has 0 aromatic heterocycles. The van der Waals surface area contributed by atoms with E-state index in [1.165, 1.54) is 0 Å². The summed E-state index contributed by atoms with van der Waals surface area (Å²) in [4.78, 5) is 4.83. The van der Waals surface area contributed by atoms with Crippen LogP contribution in [0.15, 0.2) is 12.1 Å². The number of rotatable bonds is 7. The van der Waals surface area contributed by atoms with E-state index in [1.807, 2.05) is 12.1 Å². The molecule has 17 heavy (non-hydrogen) atoms. The van der Waals surface area contributed by atoms with E-state index in [0.29, 0.717) is 13.2 Å². The summed E-state index contributed by atoms with van der Waals surface area (Å²) in [5.74, 6) is 1.51. The number of ether oxygens (including phenoxy) is 3. The van der Waals surface area contributed by atoms with Crippen LogP contribution >= 0.6 is 0 Å². The molecule has 5 heteroatoms. The zero-order valence-electron chi connectivity index (χ0n) is 10.7. The monoisotopic (exact) mass is 241 g/mol. The number of hydroxylamine groups is 1. The predicted molar refractivity (Wildman–Crippen MR) is 64.1 cm³/mol. The third-order valence-electron chi connectivity index (χ3n) is 2.39. The van der Waals surface area contributed by atoms with Crippen molar-refractivity contribution in [3.8, 4) is 11.5 Å². The van der Waals surface area contributed by atoms with Crippen molar-refractivity contribution in [2.45, 2.75) is 13.2 Å². The Morgan fingerprint density at radius 1 is 0.941 bits per heavy atom. The lowest BCUT2D eigenvalue weighted by atomic mass is 10.1. The van der Waals surface area contributed by atoms with Gasteiger partial charge in [-0.15, -0.1) is 0 Å². The van der Waals surface area contributed by atoms with E-state index in [2.05, 4.69) is 5.48 Å². The molecule has 0 unspecified atom stereocenters. The van der Waals surface area contributed by atoms with E-state index in [-0.39, 0.29) is 0 Å². The van der Waals surface area contributed by atoms with Crippen molar-refractivity contribution in [1.82, 2.24) is 5.48 Å². The molecule has 0 aliphatic rings. The first-order valence-corrected chi connectivity index (χ1v) is 5.25. The maximum absolute atomic E-state index is 5.30. The van der Waals surface area contributed by atoms with Crippen LogP contribution in [-0.4, -0.2) is 28.4 Å². The van der Waals surface area contributed by atoms with Gasteiger partial charge >= 0.3 is 0 Å². The predicted octanol–water partition coefficient (Wildman–Crippen LogP) is 1.50. The zero-order chi connectivity index (χ0) is 12.7. The molecule has 0 radical (unpaired) electrons. The zero-order valence-corrected chi connectivity index (χ0v) is 10.7. The molecule has 0 spiro atoms.